The predicted molar refractivity (Wildman–Crippen MR) is 58.0 cm³/mol. The Labute approximate surface area is 89.2 Å². The van der Waals surface area contributed by atoms with Crippen LogP contribution in [0.2, 0.25) is 0 Å². The summed E-state index contributed by atoms with van der Waals surface area (Å²) >= 11 is 1.53. The zero-order valence-corrected chi connectivity index (χ0v) is 9.11. The first kappa shape index (κ1) is 11.4. The Morgan fingerprint density at radius 2 is 2.21 bits per heavy atom. The van der Waals surface area contributed by atoms with Crippen LogP contribution in [-0.4, -0.2) is 23.5 Å². The van der Waals surface area contributed by atoms with Crippen LogP contribution in [0, 0.1) is 11.3 Å². The standard InChI is InChI=1S/C10H16N2OS/c11-6-3-7-14-8-10(13)12-9-4-1-2-5-9/h9H,1-5,7-8H2,(H,12,13). The second-order valence-corrected chi connectivity index (χ2v) is 4.61. The summed E-state index contributed by atoms with van der Waals surface area (Å²) in [7, 11) is 0. The molecule has 0 radical (unpaired) electrons. The molecule has 0 atom stereocenters. The fourth-order valence-corrected chi connectivity index (χ4v) is 2.27. The van der Waals surface area contributed by atoms with Gasteiger partial charge in [0.1, 0.15) is 0 Å². The normalized spacial score (nSPS) is 16.5. The zero-order chi connectivity index (χ0) is 10.2. The predicted octanol–water partition coefficient (Wildman–Crippen LogP) is 1.69. The highest BCUT2D eigenvalue weighted by Crippen LogP contribution is 2.17. The second kappa shape index (κ2) is 6.72. The molecule has 0 aromatic rings. The van der Waals surface area contributed by atoms with Crippen molar-refractivity contribution in [1.29, 1.82) is 5.26 Å². The highest BCUT2D eigenvalue weighted by Gasteiger charge is 2.16. The summed E-state index contributed by atoms with van der Waals surface area (Å²) in [4.78, 5) is 11.3. The Hall–Kier alpha value is -0.690. The van der Waals surface area contributed by atoms with Gasteiger partial charge in [0.25, 0.3) is 0 Å². The number of hydrogen-bond donors (Lipinski definition) is 1. The smallest absolute Gasteiger partial charge is 0.230 e. The summed E-state index contributed by atoms with van der Waals surface area (Å²) < 4.78 is 0. The quantitative estimate of drug-likeness (QED) is 0.706. The van der Waals surface area contributed by atoms with E-state index in [2.05, 4.69) is 11.4 Å². The van der Waals surface area contributed by atoms with Gasteiger partial charge in [-0.1, -0.05) is 12.8 Å². The minimum absolute atomic E-state index is 0.125. The van der Waals surface area contributed by atoms with Crippen LogP contribution >= 0.6 is 11.8 Å². The summed E-state index contributed by atoms with van der Waals surface area (Å²) in [5.74, 6) is 1.38. The van der Waals surface area contributed by atoms with Gasteiger partial charge in [0.2, 0.25) is 5.91 Å². The third-order valence-electron chi connectivity index (χ3n) is 2.31. The molecule has 1 aliphatic rings. The molecule has 0 saturated heterocycles. The van der Waals surface area contributed by atoms with Crippen LogP contribution in [0.25, 0.3) is 0 Å². The van der Waals surface area contributed by atoms with Crippen molar-refractivity contribution in [2.75, 3.05) is 11.5 Å². The number of amides is 1. The van der Waals surface area contributed by atoms with Crippen molar-refractivity contribution in [3.05, 3.63) is 0 Å². The van der Waals surface area contributed by atoms with Gasteiger partial charge in [-0.2, -0.15) is 17.0 Å². The molecule has 0 unspecified atom stereocenters. The SMILES string of the molecule is N#CCCSCC(=O)NC1CCCC1. The topological polar surface area (TPSA) is 52.9 Å². The summed E-state index contributed by atoms with van der Waals surface area (Å²) in [5.41, 5.74) is 0. The van der Waals surface area contributed by atoms with E-state index in [9.17, 15) is 4.79 Å². The van der Waals surface area contributed by atoms with Crippen LogP contribution in [0.1, 0.15) is 32.1 Å². The van der Waals surface area contributed by atoms with Gasteiger partial charge < -0.3 is 5.32 Å². The van der Waals surface area contributed by atoms with E-state index in [1.807, 2.05) is 0 Å². The number of nitriles is 1. The molecule has 1 saturated carbocycles. The minimum atomic E-state index is 0.125. The first-order valence-electron chi connectivity index (χ1n) is 5.07. The molecule has 0 heterocycles. The molecule has 1 N–H and O–H groups in total. The van der Waals surface area contributed by atoms with Gasteiger partial charge in [-0.25, -0.2) is 0 Å². The van der Waals surface area contributed by atoms with Crippen molar-refractivity contribution in [1.82, 2.24) is 5.32 Å². The maximum Gasteiger partial charge on any atom is 0.230 e. The first-order valence-corrected chi connectivity index (χ1v) is 6.22. The van der Waals surface area contributed by atoms with Crippen molar-refractivity contribution in [3.63, 3.8) is 0 Å². The first-order chi connectivity index (χ1) is 6.83. The average Bonchev–Trinajstić information content (AvgIpc) is 2.65. The van der Waals surface area contributed by atoms with Crippen LogP contribution in [0.3, 0.4) is 0 Å². The van der Waals surface area contributed by atoms with Gasteiger partial charge in [0.05, 0.1) is 11.8 Å². The largest absolute Gasteiger partial charge is 0.353 e. The van der Waals surface area contributed by atoms with Crippen molar-refractivity contribution in [2.45, 2.75) is 38.1 Å². The number of carbonyl (C=O) groups excluding carboxylic acids is 1. The Morgan fingerprint density at radius 1 is 1.50 bits per heavy atom. The van der Waals surface area contributed by atoms with Crippen molar-refractivity contribution >= 4 is 17.7 Å². The Morgan fingerprint density at radius 3 is 2.86 bits per heavy atom. The highest BCUT2D eigenvalue weighted by molar-refractivity contribution is 7.99. The van der Waals surface area contributed by atoms with Gasteiger partial charge >= 0.3 is 0 Å². The number of rotatable bonds is 5. The van der Waals surface area contributed by atoms with E-state index in [4.69, 9.17) is 5.26 Å². The lowest BCUT2D eigenvalue weighted by Crippen LogP contribution is -2.33. The maximum absolute atomic E-state index is 11.3. The maximum atomic E-state index is 11.3. The van der Waals surface area contributed by atoms with E-state index in [0.717, 1.165) is 18.6 Å². The van der Waals surface area contributed by atoms with Crippen LogP contribution in [0.5, 0.6) is 0 Å². The fourth-order valence-electron chi connectivity index (χ4n) is 1.62. The Bertz CT molecular complexity index is 219. The molecule has 0 bridgehead atoms. The molecular formula is C10H16N2OS. The minimum Gasteiger partial charge on any atom is -0.353 e. The van der Waals surface area contributed by atoms with Crippen LogP contribution in [0.15, 0.2) is 0 Å². The third kappa shape index (κ3) is 4.52. The molecule has 3 nitrogen and oxygen atoms in total. The van der Waals surface area contributed by atoms with E-state index >= 15 is 0 Å². The van der Waals surface area contributed by atoms with E-state index in [-0.39, 0.29) is 5.91 Å². The third-order valence-corrected chi connectivity index (χ3v) is 3.27. The van der Waals surface area contributed by atoms with Crippen LogP contribution < -0.4 is 5.32 Å². The molecular weight excluding hydrogens is 196 g/mol. The lowest BCUT2D eigenvalue weighted by Gasteiger charge is -2.10. The number of nitrogens with one attached hydrogen (secondary N) is 1. The zero-order valence-electron chi connectivity index (χ0n) is 8.29. The second-order valence-electron chi connectivity index (χ2n) is 3.51. The van der Waals surface area contributed by atoms with Gasteiger partial charge in [0.15, 0.2) is 0 Å². The van der Waals surface area contributed by atoms with Crippen LogP contribution in [-0.2, 0) is 4.79 Å². The monoisotopic (exact) mass is 212 g/mol. The number of carbonyl (C=O) groups is 1. The van der Waals surface area contributed by atoms with E-state index < -0.39 is 0 Å². The van der Waals surface area contributed by atoms with Crippen molar-refractivity contribution in [3.8, 4) is 6.07 Å². The summed E-state index contributed by atoms with van der Waals surface area (Å²) in [6, 6.07) is 2.48. The Balaban J connectivity index is 2.01. The summed E-state index contributed by atoms with van der Waals surface area (Å²) in [5, 5.41) is 11.3. The van der Waals surface area contributed by atoms with Crippen molar-refractivity contribution in [2.24, 2.45) is 0 Å². The molecule has 14 heavy (non-hydrogen) atoms. The summed E-state index contributed by atoms with van der Waals surface area (Å²) in [6.45, 7) is 0. The fraction of sp³-hybridized carbons (Fsp3) is 0.800. The van der Waals surface area contributed by atoms with Gasteiger partial charge in [0, 0.05) is 18.2 Å². The summed E-state index contributed by atoms with van der Waals surface area (Å²) in [6.07, 6.45) is 5.28. The lowest BCUT2D eigenvalue weighted by molar-refractivity contribution is -0.119. The van der Waals surface area contributed by atoms with E-state index in [1.165, 1.54) is 24.6 Å². The molecule has 0 aromatic carbocycles. The highest BCUT2D eigenvalue weighted by atomic mass is 32.2. The number of thioether (sulfide) groups is 1. The molecule has 1 rings (SSSR count). The number of nitrogens with zero attached hydrogens (tertiary/aromatic N) is 1. The van der Waals surface area contributed by atoms with E-state index in [0.29, 0.717) is 18.2 Å². The molecule has 4 heteroatoms. The molecule has 0 aliphatic heterocycles. The molecule has 1 fully saturated rings. The van der Waals surface area contributed by atoms with Gasteiger partial charge in [-0.3, -0.25) is 4.79 Å². The molecule has 1 aliphatic carbocycles. The molecule has 0 spiro atoms. The molecule has 0 aromatic heterocycles. The molecule has 78 valence electrons. The van der Waals surface area contributed by atoms with Crippen LogP contribution in [0.4, 0.5) is 0 Å². The van der Waals surface area contributed by atoms with Gasteiger partial charge in [-0.05, 0) is 12.8 Å². The Kier molecular flexibility index (Phi) is 5.46. The van der Waals surface area contributed by atoms with Gasteiger partial charge in [-0.15, -0.1) is 0 Å². The number of hydrogen-bond acceptors (Lipinski definition) is 3. The average molecular weight is 212 g/mol. The lowest BCUT2D eigenvalue weighted by atomic mass is 10.2. The molecule has 1 amide bonds. The van der Waals surface area contributed by atoms with Crippen molar-refractivity contribution < 1.29 is 4.79 Å². The van der Waals surface area contributed by atoms with E-state index in [1.54, 1.807) is 0 Å².